The van der Waals surface area contributed by atoms with Gasteiger partial charge in [-0.2, -0.15) is 0 Å². The fraction of sp³-hybridized carbons (Fsp3) is 0.615. The minimum absolute atomic E-state index is 0.0434. The summed E-state index contributed by atoms with van der Waals surface area (Å²) in [4.78, 5) is 13.7. The number of amides is 1. The van der Waals surface area contributed by atoms with E-state index in [1.807, 2.05) is 33.8 Å². The van der Waals surface area contributed by atoms with Gasteiger partial charge in [0.1, 0.15) is 5.76 Å². The molecule has 0 fully saturated rings. The van der Waals surface area contributed by atoms with Gasteiger partial charge in [0.15, 0.2) is 0 Å². The normalized spacial score (nSPS) is 13.5. The van der Waals surface area contributed by atoms with Gasteiger partial charge in [0, 0.05) is 19.2 Å². The van der Waals surface area contributed by atoms with Gasteiger partial charge in [0.2, 0.25) is 5.91 Å². The van der Waals surface area contributed by atoms with Gasteiger partial charge in [0.25, 0.3) is 0 Å². The lowest BCUT2D eigenvalue weighted by Gasteiger charge is -2.29. The zero-order valence-electron chi connectivity index (χ0n) is 11.3. The molecule has 1 atom stereocenters. The Kier molecular flexibility index (Phi) is 3.98. The van der Waals surface area contributed by atoms with Gasteiger partial charge in [-0.1, -0.05) is 20.8 Å². The number of carbonyl (C=O) groups excluding carboxylic acids is 1. The Morgan fingerprint density at radius 3 is 2.53 bits per heavy atom. The van der Waals surface area contributed by atoms with Gasteiger partial charge in [-0.3, -0.25) is 4.79 Å². The number of hydrogen-bond acceptors (Lipinski definition) is 3. The van der Waals surface area contributed by atoms with Gasteiger partial charge in [-0.15, -0.1) is 0 Å². The third-order valence-electron chi connectivity index (χ3n) is 2.95. The van der Waals surface area contributed by atoms with Crippen molar-refractivity contribution in [2.24, 2.45) is 11.1 Å². The fourth-order valence-corrected chi connectivity index (χ4v) is 1.52. The number of aryl methyl sites for hydroxylation is 1. The Labute approximate surface area is 103 Å². The van der Waals surface area contributed by atoms with E-state index in [9.17, 15) is 4.79 Å². The van der Waals surface area contributed by atoms with Crippen LogP contribution >= 0.6 is 0 Å². The molecule has 0 aliphatic heterocycles. The van der Waals surface area contributed by atoms with E-state index in [4.69, 9.17) is 10.2 Å². The van der Waals surface area contributed by atoms with Gasteiger partial charge in [0.05, 0.1) is 12.3 Å². The molecule has 1 aromatic rings. The predicted molar refractivity (Wildman–Crippen MR) is 67.3 cm³/mol. The Hall–Kier alpha value is -1.29. The summed E-state index contributed by atoms with van der Waals surface area (Å²) in [5.74, 6) is 0.798. The maximum absolute atomic E-state index is 12.1. The number of hydrogen-bond donors (Lipinski definition) is 1. The average molecular weight is 238 g/mol. The van der Waals surface area contributed by atoms with Crippen LogP contribution in [0, 0.1) is 12.3 Å². The number of nitrogens with two attached hydrogens (primary N) is 1. The largest absolute Gasteiger partial charge is 0.469 e. The molecule has 1 heterocycles. The summed E-state index contributed by atoms with van der Waals surface area (Å²) in [6.45, 7) is 8.31. The number of rotatable bonds is 3. The van der Waals surface area contributed by atoms with Crippen molar-refractivity contribution < 1.29 is 9.21 Å². The lowest BCUT2D eigenvalue weighted by Crippen LogP contribution is -2.48. The van der Waals surface area contributed by atoms with Crippen molar-refractivity contribution in [1.29, 1.82) is 0 Å². The third-order valence-corrected chi connectivity index (χ3v) is 2.95. The maximum atomic E-state index is 12.1. The lowest BCUT2D eigenvalue weighted by atomic mass is 9.86. The highest BCUT2D eigenvalue weighted by Crippen LogP contribution is 2.20. The number of carbonyl (C=O) groups is 1. The van der Waals surface area contributed by atoms with Crippen molar-refractivity contribution in [3.8, 4) is 0 Å². The van der Waals surface area contributed by atoms with Gasteiger partial charge >= 0.3 is 0 Å². The van der Waals surface area contributed by atoms with E-state index >= 15 is 0 Å². The van der Waals surface area contributed by atoms with E-state index in [0.29, 0.717) is 6.54 Å². The Bertz CT molecular complexity index is 390. The first kappa shape index (κ1) is 13.8. The second-order valence-corrected chi connectivity index (χ2v) is 5.54. The van der Waals surface area contributed by atoms with Crippen LogP contribution < -0.4 is 5.73 Å². The quantitative estimate of drug-likeness (QED) is 0.875. The summed E-state index contributed by atoms with van der Waals surface area (Å²) in [5, 5.41) is 0. The zero-order valence-corrected chi connectivity index (χ0v) is 11.3. The molecule has 96 valence electrons. The smallest absolute Gasteiger partial charge is 0.240 e. The molecule has 0 aliphatic rings. The molecule has 0 spiro atoms. The molecule has 2 N–H and O–H groups in total. The molecule has 0 aliphatic carbocycles. The second-order valence-electron chi connectivity index (χ2n) is 5.54. The molecule has 4 nitrogen and oxygen atoms in total. The topological polar surface area (TPSA) is 59.5 Å². The van der Waals surface area contributed by atoms with E-state index in [-0.39, 0.29) is 11.3 Å². The molecule has 0 radical (unpaired) electrons. The fourth-order valence-electron chi connectivity index (χ4n) is 1.52. The minimum atomic E-state index is -0.486. The monoisotopic (exact) mass is 238 g/mol. The van der Waals surface area contributed by atoms with Crippen LogP contribution in [0.3, 0.4) is 0 Å². The third kappa shape index (κ3) is 3.33. The predicted octanol–water partition coefficient (Wildman–Crippen LogP) is 1.92. The van der Waals surface area contributed by atoms with Crippen LogP contribution in [0.5, 0.6) is 0 Å². The van der Waals surface area contributed by atoms with Crippen LogP contribution in [-0.2, 0) is 11.3 Å². The van der Waals surface area contributed by atoms with Crippen molar-refractivity contribution in [1.82, 2.24) is 4.90 Å². The molecule has 1 amide bonds. The van der Waals surface area contributed by atoms with Gasteiger partial charge in [-0.05, 0) is 18.4 Å². The number of furan rings is 1. The molecule has 1 rings (SSSR count). The van der Waals surface area contributed by atoms with Crippen LogP contribution in [0.2, 0.25) is 0 Å². The van der Waals surface area contributed by atoms with Crippen molar-refractivity contribution in [3.05, 3.63) is 23.7 Å². The highest BCUT2D eigenvalue weighted by atomic mass is 16.3. The first-order valence-electron chi connectivity index (χ1n) is 5.77. The number of likely N-dealkylation sites (N-methyl/N-ethyl adjacent to an activating group) is 1. The van der Waals surface area contributed by atoms with Crippen LogP contribution in [0.15, 0.2) is 16.7 Å². The van der Waals surface area contributed by atoms with Crippen molar-refractivity contribution in [2.75, 3.05) is 7.05 Å². The molecule has 0 aromatic carbocycles. The highest BCUT2D eigenvalue weighted by Gasteiger charge is 2.29. The zero-order chi connectivity index (χ0) is 13.2. The van der Waals surface area contributed by atoms with Crippen LogP contribution in [0.1, 0.15) is 32.1 Å². The summed E-state index contributed by atoms with van der Waals surface area (Å²) in [7, 11) is 1.76. The maximum Gasteiger partial charge on any atom is 0.240 e. The Morgan fingerprint density at radius 1 is 1.53 bits per heavy atom. The van der Waals surface area contributed by atoms with Crippen molar-refractivity contribution >= 4 is 5.91 Å². The lowest BCUT2D eigenvalue weighted by molar-refractivity contribution is -0.134. The van der Waals surface area contributed by atoms with Gasteiger partial charge in [-0.25, -0.2) is 0 Å². The minimum Gasteiger partial charge on any atom is -0.469 e. The molecule has 1 aromatic heterocycles. The highest BCUT2D eigenvalue weighted by molar-refractivity contribution is 5.82. The standard InChI is InChI=1S/C13H22N2O2/c1-9-10(6-7-17-9)8-15(5)12(16)11(14)13(2,3)4/h6-7,11H,8,14H2,1-5H3. The Morgan fingerprint density at radius 2 is 2.12 bits per heavy atom. The van der Waals surface area contributed by atoms with E-state index in [1.165, 1.54) is 0 Å². The molecule has 0 saturated heterocycles. The number of nitrogens with zero attached hydrogens (tertiary/aromatic N) is 1. The molecule has 0 saturated carbocycles. The van der Waals surface area contributed by atoms with Gasteiger partial charge < -0.3 is 15.1 Å². The molecule has 4 heteroatoms. The second kappa shape index (κ2) is 4.92. The molecule has 0 bridgehead atoms. The SMILES string of the molecule is Cc1occc1CN(C)C(=O)C(N)C(C)(C)C. The van der Waals surface area contributed by atoms with E-state index in [0.717, 1.165) is 11.3 Å². The van der Waals surface area contributed by atoms with E-state index in [2.05, 4.69) is 0 Å². The summed E-state index contributed by atoms with van der Waals surface area (Å²) in [6.07, 6.45) is 1.63. The average Bonchev–Trinajstić information content (AvgIpc) is 2.61. The molecule has 1 unspecified atom stereocenters. The van der Waals surface area contributed by atoms with Crippen LogP contribution in [0.4, 0.5) is 0 Å². The Balaban J connectivity index is 2.68. The first-order chi connectivity index (χ1) is 7.73. The van der Waals surface area contributed by atoms with Crippen LogP contribution in [-0.4, -0.2) is 23.9 Å². The molecule has 17 heavy (non-hydrogen) atoms. The van der Waals surface area contributed by atoms with Crippen LogP contribution in [0.25, 0.3) is 0 Å². The summed E-state index contributed by atoms with van der Waals surface area (Å²) in [6, 6.07) is 1.39. The van der Waals surface area contributed by atoms with Crippen molar-refractivity contribution in [2.45, 2.75) is 40.3 Å². The molecular formula is C13H22N2O2. The summed E-state index contributed by atoms with van der Waals surface area (Å²) >= 11 is 0. The summed E-state index contributed by atoms with van der Waals surface area (Å²) in [5.41, 5.74) is 6.74. The van der Waals surface area contributed by atoms with E-state index < -0.39 is 6.04 Å². The first-order valence-corrected chi connectivity index (χ1v) is 5.77. The van der Waals surface area contributed by atoms with Crippen molar-refractivity contribution in [3.63, 3.8) is 0 Å². The molecular weight excluding hydrogens is 216 g/mol. The van der Waals surface area contributed by atoms with E-state index in [1.54, 1.807) is 18.2 Å². The summed E-state index contributed by atoms with van der Waals surface area (Å²) < 4.78 is 5.20.